The second kappa shape index (κ2) is 7.51. The summed E-state index contributed by atoms with van der Waals surface area (Å²) in [6.45, 7) is 1.71. The minimum Gasteiger partial charge on any atom is -0.482 e. The maximum absolute atomic E-state index is 11.8. The van der Waals surface area contributed by atoms with Crippen LogP contribution in [-0.4, -0.2) is 17.6 Å². The average molecular weight is 364 g/mol. The lowest BCUT2D eigenvalue weighted by Crippen LogP contribution is -2.15. The summed E-state index contributed by atoms with van der Waals surface area (Å²) in [6.07, 6.45) is 1.48. The van der Waals surface area contributed by atoms with Crippen molar-refractivity contribution >= 4 is 28.9 Å². The summed E-state index contributed by atoms with van der Waals surface area (Å²) < 4.78 is 15.9. The third-order valence-corrected chi connectivity index (χ3v) is 4.24. The summed E-state index contributed by atoms with van der Waals surface area (Å²) in [6, 6.07) is 9.02. The standard InChI is InChI=1S/C17H14ClNO4S/c1-11-7-12(18)4-5-14(11)21-10-16(20)22-8-13-9-23-17(19-13)15-3-2-6-24-15/h2-7,9H,8,10H2,1H3. The van der Waals surface area contributed by atoms with E-state index in [1.54, 1.807) is 18.2 Å². The van der Waals surface area contributed by atoms with E-state index in [4.69, 9.17) is 25.5 Å². The molecule has 5 nitrogen and oxygen atoms in total. The molecule has 3 aromatic rings. The van der Waals surface area contributed by atoms with Crippen LogP contribution in [0.5, 0.6) is 5.75 Å². The number of aryl methyl sites for hydroxylation is 1. The third kappa shape index (κ3) is 4.15. The first-order valence-electron chi connectivity index (χ1n) is 7.14. The second-order valence-corrected chi connectivity index (χ2v) is 6.36. The molecular weight excluding hydrogens is 350 g/mol. The van der Waals surface area contributed by atoms with Gasteiger partial charge in [-0.05, 0) is 42.1 Å². The molecule has 1 aromatic carbocycles. The molecule has 0 atom stereocenters. The van der Waals surface area contributed by atoms with Gasteiger partial charge in [-0.1, -0.05) is 17.7 Å². The van der Waals surface area contributed by atoms with Crippen molar-refractivity contribution in [2.75, 3.05) is 6.61 Å². The topological polar surface area (TPSA) is 61.6 Å². The number of aromatic nitrogens is 1. The van der Waals surface area contributed by atoms with Crippen LogP contribution in [0.25, 0.3) is 10.8 Å². The van der Waals surface area contributed by atoms with Crippen LogP contribution in [0.15, 0.2) is 46.4 Å². The van der Waals surface area contributed by atoms with Crippen LogP contribution in [0.3, 0.4) is 0 Å². The highest BCUT2D eigenvalue weighted by Gasteiger charge is 2.11. The first-order chi connectivity index (χ1) is 11.6. The second-order valence-electron chi connectivity index (χ2n) is 4.98. The molecule has 0 bridgehead atoms. The van der Waals surface area contributed by atoms with Gasteiger partial charge in [0.25, 0.3) is 0 Å². The number of carbonyl (C=O) groups is 1. The van der Waals surface area contributed by atoms with Crippen LogP contribution in [-0.2, 0) is 16.1 Å². The van der Waals surface area contributed by atoms with E-state index in [0.717, 1.165) is 10.4 Å². The molecule has 0 fully saturated rings. The Labute approximate surface area is 147 Å². The molecule has 0 saturated carbocycles. The van der Waals surface area contributed by atoms with E-state index in [9.17, 15) is 4.79 Å². The molecule has 0 unspecified atom stereocenters. The Morgan fingerprint density at radius 1 is 1.38 bits per heavy atom. The molecule has 7 heteroatoms. The Hall–Kier alpha value is -2.31. The van der Waals surface area contributed by atoms with E-state index >= 15 is 0 Å². The van der Waals surface area contributed by atoms with Crippen molar-refractivity contribution in [1.29, 1.82) is 0 Å². The summed E-state index contributed by atoms with van der Waals surface area (Å²) in [7, 11) is 0. The molecule has 0 amide bonds. The number of hydrogen-bond donors (Lipinski definition) is 0. The van der Waals surface area contributed by atoms with Gasteiger partial charge in [0, 0.05) is 5.02 Å². The third-order valence-electron chi connectivity index (χ3n) is 3.15. The van der Waals surface area contributed by atoms with E-state index < -0.39 is 5.97 Å². The molecule has 24 heavy (non-hydrogen) atoms. The van der Waals surface area contributed by atoms with Gasteiger partial charge in [0.05, 0.1) is 4.88 Å². The lowest BCUT2D eigenvalue weighted by atomic mass is 10.2. The van der Waals surface area contributed by atoms with Crippen LogP contribution in [0, 0.1) is 6.92 Å². The molecule has 0 aliphatic rings. The number of carbonyl (C=O) groups excluding carboxylic acids is 1. The normalized spacial score (nSPS) is 10.6. The highest BCUT2D eigenvalue weighted by atomic mass is 35.5. The summed E-state index contributed by atoms with van der Waals surface area (Å²) in [5, 5.41) is 2.56. The van der Waals surface area contributed by atoms with Gasteiger partial charge in [0.15, 0.2) is 6.61 Å². The summed E-state index contributed by atoms with van der Waals surface area (Å²) in [5.74, 6) is 0.631. The smallest absolute Gasteiger partial charge is 0.344 e. The van der Waals surface area contributed by atoms with E-state index in [1.807, 2.05) is 24.4 Å². The van der Waals surface area contributed by atoms with Gasteiger partial charge < -0.3 is 13.9 Å². The fourth-order valence-electron chi connectivity index (χ4n) is 1.99. The molecule has 2 aromatic heterocycles. The van der Waals surface area contributed by atoms with Crippen molar-refractivity contribution in [3.63, 3.8) is 0 Å². The molecule has 0 spiro atoms. The Balaban J connectivity index is 1.49. The zero-order valence-electron chi connectivity index (χ0n) is 12.8. The van der Waals surface area contributed by atoms with Gasteiger partial charge in [0.2, 0.25) is 5.89 Å². The van der Waals surface area contributed by atoms with Crippen LogP contribution in [0.2, 0.25) is 5.02 Å². The maximum atomic E-state index is 11.8. The van der Waals surface area contributed by atoms with E-state index in [2.05, 4.69) is 4.98 Å². The first-order valence-corrected chi connectivity index (χ1v) is 8.40. The highest BCUT2D eigenvalue weighted by Crippen LogP contribution is 2.24. The van der Waals surface area contributed by atoms with Crippen molar-refractivity contribution < 1.29 is 18.7 Å². The SMILES string of the molecule is Cc1cc(Cl)ccc1OCC(=O)OCc1coc(-c2cccs2)n1. The quantitative estimate of drug-likeness (QED) is 0.604. The monoisotopic (exact) mass is 363 g/mol. The van der Waals surface area contributed by atoms with E-state index in [1.165, 1.54) is 17.6 Å². The van der Waals surface area contributed by atoms with Crippen molar-refractivity contribution in [3.05, 3.63) is 58.3 Å². The van der Waals surface area contributed by atoms with E-state index in [-0.39, 0.29) is 13.2 Å². The zero-order valence-corrected chi connectivity index (χ0v) is 14.4. The Morgan fingerprint density at radius 2 is 2.25 bits per heavy atom. The van der Waals surface area contributed by atoms with Crippen molar-refractivity contribution in [2.24, 2.45) is 0 Å². The molecule has 0 N–H and O–H groups in total. The van der Waals surface area contributed by atoms with Gasteiger partial charge in [-0.2, -0.15) is 0 Å². The predicted octanol–water partition coefficient (Wildman–Crippen LogP) is 4.49. The van der Waals surface area contributed by atoms with Crippen LogP contribution in [0.1, 0.15) is 11.3 Å². The largest absolute Gasteiger partial charge is 0.482 e. The van der Waals surface area contributed by atoms with Crippen molar-refractivity contribution in [1.82, 2.24) is 4.98 Å². The highest BCUT2D eigenvalue weighted by molar-refractivity contribution is 7.13. The molecule has 0 radical (unpaired) electrons. The molecule has 0 aliphatic heterocycles. The maximum Gasteiger partial charge on any atom is 0.344 e. The molecule has 0 aliphatic carbocycles. The Morgan fingerprint density at radius 3 is 3.00 bits per heavy atom. The minimum absolute atomic E-state index is 0.0384. The summed E-state index contributed by atoms with van der Waals surface area (Å²) in [5.41, 5.74) is 1.40. The lowest BCUT2D eigenvalue weighted by molar-refractivity contribution is -0.147. The van der Waals surface area contributed by atoms with Crippen molar-refractivity contribution in [2.45, 2.75) is 13.5 Å². The summed E-state index contributed by atoms with van der Waals surface area (Å²) in [4.78, 5) is 17.0. The van der Waals surface area contributed by atoms with Gasteiger partial charge in [-0.3, -0.25) is 0 Å². The Kier molecular flexibility index (Phi) is 5.17. The zero-order chi connectivity index (χ0) is 16.9. The van der Waals surface area contributed by atoms with Crippen LogP contribution in [0.4, 0.5) is 0 Å². The number of halogens is 1. The van der Waals surface area contributed by atoms with Gasteiger partial charge in [-0.15, -0.1) is 11.3 Å². The van der Waals surface area contributed by atoms with Gasteiger partial charge >= 0.3 is 5.97 Å². The number of esters is 1. The Bertz CT molecular complexity index is 829. The molecule has 3 rings (SSSR count). The fourth-order valence-corrected chi connectivity index (χ4v) is 2.88. The number of hydrogen-bond acceptors (Lipinski definition) is 6. The van der Waals surface area contributed by atoms with Gasteiger partial charge in [0.1, 0.15) is 24.3 Å². The number of ether oxygens (including phenoxy) is 2. The van der Waals surface area contributed by atoms with Crippen LogP contribution >= 0.6 is 22.9 Å². The van der Waals surface area contributed by atoms with E-state index in [0.29, 0.717) is 22.4 Å². The fraction of sp³-hybridized carbons (Fsp3) is 0.176. The molecule has 2 heterocycles. The minimum atomic E-state index is -0.481. The number of rotatable bonds is 6. The molecule has 124 valence electrons. The number of benzene rings is 1. The lowest BCUT2D eigenvalue weighted by Gasteiger charge is -2.08. The first kappa shape index (κ1) is 16.5. The van der Waals surface area contributed by atoms with Crippen molar-refractivity contribution in [3.8, 4) is 16.5 Å². The number of thiophene rings is 1. The number of nitrogens with zero attached hydrogens (tertiary/aromatic N) is 1. The van der Waals surface area contributed by atoms with Crippen LogP contribution < -0.4 is 4.74 Å². The molecule has 0 saturated heterocycles. The summed E-state index contributed by atoms with van der Waals surface area (Å²) >= 11 is 7.40. The molecular formula is C17H14ClNO4S. The van der Waals surface area contributed by atoms with Gasteiger partial charge in [-0.25, -0.2) is 9.78 Å². The average Bonchev–Trinajstić information content (AvgIpc) is 3.23. The number of oxazole rings is 1. The predicted molar refractivity (Wildman–Crippen MR) is 91.3 cm³/mol.